The molecule has 0 saturated carbocycles. The van der Waals surface area contributed by atoms with E-state index in [0.29, 0.717) is 24.9 Å². The number of nitrogens with zero attached hydrogens (tertiary/aromatic N) is 1. The molecule has 7 heteroatoms. The van der Waals surface area contributed by atoms with Crippen molar-refractivity contribution in [2.24, 2.45) is 11.8 Å². The predicted octanol–water partition coefficient (Wildman–Crippen LogP) is 2.63. The highest BCUT2D eigenvalue weighted by molar-refractivity contribution is 8.13. The zero-order valence-electron chi connectivity index (χ0n) is 11.7. The number of hydrogen-bond acceptors (Lipinski definition) is 4. The highest BCUT2D eigenvalue weighted by Gasteiger charge is 2.30. The van der Waals surface area contributed by atoms with Crippen molar-refractivity contribution >= 4 is 25.6 Å². The van der Waals surface area contributed by atoms with Crippen LogP contribution in [0.25, 0.3) is 0 Å². The summed E-state index contributed by atoms with van der Waals surface area (Å²) in [5.41, 5.74) is 0. The van der Waals surface area contributed by atoms with Gasteiger partial charge in [-0.25, -0.2) is 8.42 Å². The fourth-order valence-electron chi connectivity index (χ4n) is 2.42. The van der Waals surface area contributed by atoms with Crippen LogP contribution in [0.4, 0.5) is 0 Å². The molecule has 2 atom stereocenters. The summed E-state index contributed by atoms with van der Waals surface area (Å²) in [6, 6.07) is 1.21. The first-order valence-corrected chi connectivity index (χ1v) is 8.85. The molecule has 5 nitrogen and oxygen atoms in total. The number of aryl methyl sites for hydroxylation is 1. The van der Waals surface area contributed by atoms with Crippen molar-refractivity contribution in [3.8, 4) is 0 Å². The van der Waals surface area contributed by atoms with E-state index in [9.17, 15) is 13.2 Å². The number of piperidine rings is 1. The van der Waals surface area contributed by atoms with E-state index in [1.807, 2.05) is 0 Å². The average molecular weight is 320 g/mol. The molecular formula is C13H18ClNO4S. The van der Waals surface area contributed by atoms with Crippen molar-refractivity contribution in [3.63, 3.8) is 0 Å². The fourth-order valence-corrected chi connectivity index (χ4v) is 3.51. The quantitative estimate of drug-likeness (QED) is 0.786. The van der Waals surface area contributed by atoms with Crippen molar-refractivity contribution in [3.05, 3.63) is 17.6 Å². The molecule has 1 saturated heterocycles. The molecule has 0 spiro atoms. The molecule has 2 unspecified atom stereocenters. The summed E-state index contributed by atoms with van der Waals surface area (Å²) in [5, 5.41) is 0. The second-order valence-corrected chi connectivity index (χ2v) is 8.00. The molecule has 2 rings (SSSR count). The maximum Gasteiger partial charge on any atom is 0.289 e. The first-order valence-electron chi connectivity index (χ1n) is 6.54. The minimum atomic E-state index is -3.89. The Balaban J connectivity index is 2.22. The number of likely N-dealkylation sites (tertiary alicyclic amines) is 1. The van der Waals surface area contributed by atoms with Crippen molar-refractivity contribution in [2.45, 2.75) is 32.1 Å². The van der Waals surface area contributed by atoms with Gasteiger partial charge in [0, 0.05) is 29.8 Å². The van der Waals surface area contributed by atoms with Crippen molar-refractivity contribution < 1.29 is 17.6 Å². The molecule has 1 aromatic heterocycles. The summed E-state index contributed by atoms with van der Waals surface area (Å²) >= 11 is 0. The van der Waals surface area contributed by atoms with Crippen LogP contribution in [0.1, 0.15) is 36.6 Å². The number of carbonyl (C=O) groups is 1. The van der Waals surface area contributed by atoms with Crippen LogP contribution in [0.2, 0.25) is 0 Å². The summed E-state index contributed by atoms with van der Waals surface area (Å²) in [6.07, 6.45) is 0.938. The minimum absolute atomic E-state index is 0.0310. The SMILES string of the molecule is Cc1oc(C(=O)N2CCC(C)C(C)C2)cc1S(=O)(=O)Cl. The average Bonchev–Trinajstić information content (AvgIpc) is 2.74. The summed E-state index contributed by atoms with van der Waals surface area (Å²) in [6.45, 7) is 7.07. The molecule has 1 aliphatic rings. The third-order valence-electron chi connectivity index (χ3n) is 3.97. The summed E-state index contributed by atoms with van der Waals surface area (Å²) in [5.74, 6) is 0.889. The Hall–Kier alpha value is -1.01. The van der Waals surface area contributed by atoms with Gasteiger partial charge in [0.2, 0.25) is 0 Å². The van der Waals surface area contributed by atoms with Crippen LogP contribution >= 0.6 is 10.7 Å². The second kappa shape index (κ2) is 5.41. The molecule has 1 amide bonds. The van der Waals surface area contributed by atoms with Crippen LogP contribution in [0.3, 0.4) is 0 Å². The number of amides is 1. The first kappa shape index (κ1) is 15.4. The van der Waals surface area contributed by atoms with Gasteiger partial charge in [0.05, 0.1) is 0 Å². The lowest BCUT2D eigenvalue weighted by Crippen LogP contribution is -2.42. The Bertz CT molecular complexity index is 622. The van der Waals surface area contributed by atoms with Gasteiger partial charge in [-0.3, -0.25) is 4.79 Å². The van der Waals surface area contributed by atoms with E-state index in [1.165, 1.54) is 13.0 Å². The lowest BCUT2D eigenvalue weighted by Gasteiger charge is -2.34. The van der Waals surface area contributed by atoms with Crippen molar-refractivity contribution in [1.82, 2.24) is 4.90 Å². The molecule has 0 bridgehead atoms. The van der Waals surface area contributed by atoms with Gasteiger partial charge >= 0.3 is 0 Å². The van der Waals surface area contributed by atoms with Gasteiger partial charge in [0.1, 0.15) is 10.7 Å². The molecule has 0 radical (unpaired) electrons. The Morgan fingerprint density at radius 2 is 2.05 bits per heavy atom. The number of furan rings is 1. The fraction of sp³-hybridized carbons (Fsp3) is 0.615. The number of halogens is 1. The van der Waals surface area contributed by atoms with Crippen LogP contribution in [0.15, 0.2) is 15.4 Å². The van der Waals surface area contributed by atoms with E-state index in [1.54, 1.807) is 4.90 Å². The first-order chi connectivity index (χ1) is 9.20. The number of hydrogen-bond donors (Lipinski definition) is 0. The maximum absolute atomic E-state index is 12.3. The smallest absolute Gasteiger partial charge is 0.289 e. The molecule has 112 valence electrons. The molecular weight excluding hydrogens is 302 g/mol. The summed E-state index contributed by atoms with van der Waals surface area (Å²) in [4.78, 5) is 13.9. The van der Waals surface area contributed by atoms with Gasteiger partial charge in [-0.2, -0.15) is 0 Å². The lowest BCUT2D eigenvalue weighted by molar-refractivity contribution is 0.0594. The second-order valence-electron chi connectivity index (χ2n) is 5.46. The monoisotopic (exact) mass is 319 g/mol. The highest BCUT2D eigenvalue weighted by Crippen LogP contribution is 2.27. The van der Waals surface area contributed by atoms with Gasteiger partial charge in [0.15, 0.2) is 5.76 Å². The third-order valence-corrected chi connectivity index (χ3v) is 5.40. The van der Waals surface area contributed by atoms with E-state index in [4.69, 9.17) is 15.1 Å². The zero-order valence-corrected chi connectivity index (χ0v) is 13.3. The number of rotatable bonds is 2. The maximum atomic E-state index is 12.3. The highest BCUT2D eigenvalue weighted by atomic mass is 35.7. The molecule has 1 aliphatic heterocycles. The molecule has 1 fully saturated rings. The van der Waals surface area contributed by atoms with Gasteiger partial charge in [-0.15, -0.1) is 0 Å². The van der Waals surface area contributed by atoms with E-state index in [0.717, 1.165) is 6.42 Å². The van der Waals surface area contributed by atoms with E-state index in [2.05, 4.69) is 13.8 Å². The zero-order chi connectivity index (χ0) is 15.1. The lowest BCUT2D eigenvalue weighted by atomic mass is 9.88. The normalized spacial score (nSPS) is 23.9. The van der Waals surface area contributed by atoms with Gasteiger partial charge in [-0.05, 0) is 25.2 Å². The molecule has 0 N–H and O–H groups in total. The standard InChI is InChI=1S/C13H18ClNO4S/c1-8-4-5-15(7-9(8)2)13(16)11-6-12(10(3)19-11)20(14,17)18/h6,8-9H,4-5,7H2,1-3H3. The Kier molecular flexibility index (Phi) is 4.16. The largest absolute Gasteiger partial charge is 0.455 e. The van der Waals surface area contributed by atoms with Crippen molar-refractivity contribution in [1.29, 1.82) is 0 Å². The van der Waals surface area contributed by atoms with Crippen LogP contribution in [0, 0.1) is 18.8 Å². The van der Waals surface area contributed by atoms with Gasteiger partial charge in [0.25, 0.3) is 15.0 Å². The van der Waals surface area contributed by atoms with E-state index < -0.39 is 9.05 Å². The Labute approximate surface area is 123 Å². The topological polar surface area (TPSA) is 67.6 Å². The van der Waals surface area contributed by atoms with E-state index in [-0.39, 0.29) is 22.3 Å². The number of carbonyl (C=O) groups excluding carboxylic acids is 1. The Morgan fingerprint density at radius 3 is 2.55 bits per heavy atom. The third kappa shape index (κ3) is 3.01. The van der Waals surface area contributed by atoms with Crippen LogP contribution in [-0.2, 0) is 9.05 Å². The van der Waals surface area contributed by atoms with Crippen molar-refractivity contribution in [2.75, 3.05) is 13.1 Å². The van der Waals surface area contributed by atoms with Gasteiger partial charge in [-0.1, -0.05) is 13.8 Å². The molecule has 0 aromatic carbocycles. The van der Waals surface area contributed by atoms with Gasteiger partial charge < -0.3 is 9.32 Å². The predicted molar refractivity (Wildman–Crippen MR) is 75.3 cm³/mol. The molecule has 2 heterocycles. The molecule has 1 aromatic rings. The molecule has 0 aliphatic carbocycles. The van der Waals surface area contributed by atoms with E-state index >= 15 is 0 Å². The van der Waals surface area contributed by atoms with Crippen LogP contribution < -0.4 is 0 Å². The summed E-state index contributed by atoms with van der Waals surface area (Å²) in [7, 11) is 1.41. The summed E-state index contributed by atoms with van der Waals surface area (Å²) < 4.78 is 27.9. The molecule has 20 heavy (non-hydrogen) atoms. The van der Waals surface area contributed by atoms with Crippen LogP contribution in [0.5, 0.6) is 0 Å². The van der Waals surface area contributed by atoms with Crippen LogP contribution in [-0.4, -0.2) is 32.3 Å². The minimum Gasteiger partial charge on any atom is -0.455 e. The Morgan fingerprint density at radius 1 is 1.40 bits per heavy atom.